The van der Waals surface area contributed by atoms with Crippen LogP contribution in [-0.2, 0) is 14.3 Å². The van der Waals surface area contributed by atoms with Gasteiger partial charge in [0.2, 0.25) is 0 Å². The van der Waals surface area contributed by atoms with Crippen LogP contribution in [0.5, 0.6) is 0 Å². The molecular formula is C10H16O3. The fraction of sp³-hybridized carbons (Fsp3) is 0.500. The highest BCUT2D eigenvalue weighted by Gasteiger charge is 1.94. The maximum Gasteiger partial charge on any atom is 0.330 e. The summed E-state index contributed by atoms with van der Waals surface area (Å²) in [6.45, 7) is 8.50. The van der Waals surface area contributed by atoms with Crippen molar-refractivity contribution in [3.63, 3.8) is 0 Å². The van der Waals surface area contributed by atoms with Crippen LogP contribution in [-0.4, -0.2) is 25.8 Å². The lowest BCUT2D eigenvalue weighted by Crippen LogP contribution is -2.03. The molecule has 0 aliphatic rings. The molecule has 0 N–H and O–H groups in total. The third kappa shape index (κ3) is 8.82. The van der Waals surface area contributed by atoms with Crippen LogP contribution in [0, 0.1) is 0 Å². The molecule has 0 fully saturated rings. The van der Waals surface area contributed by atoms with Crippen LogP contribution in [0.2, 0.25) is 0 Å². The summed E-state index contributed by atoms with van der Waals surface area (Å²) in [6.07, 6.45) is 4.57. The molecule has 0 spiro atoms. The Morgan fingerprint density at radius 3 is 2.54 bits per heavy atom. The quantitative estimate of drug-likeness (QED) is 0.249. The molecular weight excluding hydrogens is 168 g/mol. The Balaban J connectivity index is 3.03. The highest BCUT2D eigenvalue weighted by molar-refractivity contribution is 5.81. The van der Waals surface area contributed by atoms with Crippen molar-refractivity contribution < 1.29 is 14.3 Å². The van der Waals surface area contributed by atoms with E-state index >= 15 is 0 Å². The third-order valence-electron chi connectivity index (χ3n) is 1.33. The van der Waals surface area contributed by atoms with Gasteiger partial charge in [-0.1, -0.05) is 12.7 Å². The molecule has 0 amide bonds. The zero-order valence-electron chi connectivity index (χ0n) is 7.83. The van der Waals surface area contributed by atoms with Crippen molar-refractivity contribution in [3.05, 3.63) is 25.3 Å². The van der Waals surface area contributed by atoms with E-state index in [1.165, 1.54) is 0 Å². The van der Waals surface area contributed by atoms with E-state index in [0.717, 1.165) is 18.9 Å². The summed E-state index contributed by atoms with van der Waals surface area (Å²) in [6, 6.07) is 0. The summed E-state index contributed by atoms with van der Waals surface area (Å²) in [5, 5.41) is 0. The molecule has 0 aromatic heterocycles. The Kier molecular flexibility index (Phi) is 8.25. The largest absolute Gasteiger partial charge is 0.463 e. The smallest absolute Gasteiger partial charge is 0.330 e. The van der Waals surface area contributed by atoms with E-state index < -0.39 is 0 Å². The minimum absolute atomic E-state index is 0.369. The number of unbranched alkanes of at least 4 members (excludes halogenated alkanes) is 1. The second-order valence-electron chi connectivity index (χ2n) is 2.44. The van der Waals surface area contributed by atoms with Gasteiger partial charge in [0.15, 0.2) is 0 Å². The number of ether oxygens (including phenoxy) is 2. The minimum atomic E-state index is -0.369. The maximum absolute atomic E-state index is 10.6. The first-order valence-electron chi connectivity index (χ1n) is 4.29. The molecule has 0 aliphatic carbocycles. The molecule has 0 unspecified atom stereocenters. The average Bonchev–Trinajstić information content (AvgIpc) is 2.16. The molecule has 74 valence electrons. The van der Waals surface area contributed by atoms with E-state index in [1.807, 2.05) is 0 Å². The van der Waals surface area contributed by atoms with Crippen LogP contribution in [0.1, 0.15) is 12.8 Å². The van der Waals surface area contributed by atoms with E-state index in [4.69, 9.17) is 9.47 Å². The van der Waals surface area contributed by atoms with Crippen molar-refractivity contribution in [1.82, 2.24) is 0 Å². The maximum atomic E-state index is 10.6. The van der Waals surface area contributed by atoms with Crippen molar-refractivity contribution >= 4 is 5.97 Å². The van der Waals surface area contributed by atoms with Gasteiger partial charge in [-0.05, 0) is 12.8 Å². The highest BCUT2D eigenvalue weighted by atomic mass is 16.5. The number of esters is 1. The molecule has 0 bridgehead atoms. The molecule has 3 nitrogen and oxygen atoms in total. The molecule has 0 atom stereocenters. The van der Waals surface area contributed by atoms with Crippen molar-refractivity contribution in [1.29, 1.82) is 0 Å². The van der Waals surface area contributed by atoms with Crippen LogP contribution < -0.4 is 0 Å². The van der Waals surface area contributed by atoms with Gasteiger partial charge in [0.05, 0.1) is 13.2 Å². The molecule has 0 aliphatic heterocycles. The Labute approximate surface area is 79.0 Å². The monoisotopic (exact) mass is 184 g/mol. The van der Waals surface area contributed by atoms with Gasteiger partial charge in [-0.2, -0.15) is 0 Å². The lowest BCUT2D eigenvalue weighted by atomic mass is 10.3. The lowest BCUT2D eigenvalue weighted by molar-refractivity contribution is -0.137. The zero-order valence-corrected chi connectivity index (χ0v) is 7.83. The van der Waals surface area contributed by atoms with Gasteiger partial charge in [0, 0.05) is 12.7 Å². The molecule has 3 heteroatoms. The first-order valence-corrected chi connectivity index (χ1v) is 4.29. The number of hydrogen-bond acceptors (Lipinski definition) is 3. The summed E-state index contributed by atoms with van der Waals surface area (Å²) < 4.78 is 9.90. The van der Waals surface area contributed by atoms with Crippen LogP contribution >= 0.6 is 0 Å². The van der Waals surface area contributed by atoms with Gasteiger partial charge in [-0.3, -0.25) is 0 Å². The molecule has 0 aromatic rings. The number of carbonyl (C=O) groups is 1. The summed E-state index contributed by atoms with van der Waals surface area (Å²) >= 11 is 0. The van der Waals surface area contributed by atoms with Crippen LogP contribution in [0.4, 0.5) is 0 Å². The van der Waals surface area contributed by atoms with Crippen molar-refractivity contribution in [3.8, 4) is 0 Å². The zero-order chi connectivity index (χ0) is 9.94. The summed E-state index contributed by atoms with van der Waals surface area (Å²) in [5.74, 6) is -0.369. The Morgan fingerprint density at radius 2 is 1.92 bits per heavy atom. The minimum Gasteiger partial charge on any atom is -0.463 e. The summed E-state index contributed by atoms with van der Waals surface area (Å²) in [7, 11) is 0. The van der Waals surface area contributed by atoms with E-state index in [-0.39, 0.29) is 5.97 Å². The van der Waals surface area contributed by atoms with E-state index in [0.29, 0.717) is 19.8 Å². The predicted octanol–water partition coefficient (Wildman–Crippen LogP) is 1.70. The topological polar surface area (TPSA) is 35.5 Å². The van der Waals surface area contributed by atoms with E-state index in [9.17, 15) is 4.79 Å². The summed E-state index contributed by atoms with van der Waals surface area (Å²) in [4.78, 5) is 10.6. The lowest BCUT2D eigenvalue weighted by Gasteiger charge is -2.02. The standard InChI is InChI=1S/C10H16O3/c1-3-7-12-8-5-6-9-13-10(11)4-2/h3-4H,1-2,5-9H2. The molecule has 0 aromatic carbocycles. The van der Waals surface area contributed by atoms with E-state index in [1.54, 1.807) is 6.08 Å². The SMILES string of the molecule is C=CCOCCCCOC(=O)C=C. The second kappa shape index (κ2) is 9.00. The fourth-order valence-corrected chi connectivity index (χ4v) is 0.705. The molecule has 0 heterocycles. The number of carbonyl (C=O) groups excluding carboxylic acids is 1. The fourth-order valence-electron chi connectivity index (χ4n) is 0.705. The Hall–Kier alpha value is -1.09. The Morgan fingerprint density at radius 1 is 1.23 bits per heavy atom. The van der Waals surface area contributed by atoms with Gasteiger partial charge >= 0.3 is 5.97 Å². The highest BCUT2D eigenvalue weighted by Crippen LogP contribution is 1.92. The Bertz CT molecular complexity index is 164. The van der Waals surface area contributed by atoms with Crippen molar-refractivity contribution in [2.45, 2.75) is 12.8 Å². The second-order valence-corrected chi connectivity index (χ2v) is 2.44. The molecule has 0 saturated heterocycles. The predicted molar refractivity (Wildman–Crippen MR) is 51.4 cm³/mol. The molecule has 0 radical (unpaired) electrons. The van der Waals surface area contributed by atoms with Crippen molar-refractivity contribution in [2.75, 3.05) is 19.8 Å². The number of hydrogen-bond donors (Lipinski definition) is 0. The molecule has 0 rings (SSSR count). The molecule has 13 heavy (non-hydrogen) atoms. The van der Waals surface area contributed by atoms with Gasteiger partial charge < -0.3 is 9.47 Å². The molecule has 0 saturated carbocycles. The number of rotatable bonds is 8. The first kappa shape index (κ1) is 11.9. The average molecular weight is 184 g/mol. The van der Waals surface area contributed by atoms with Gasteiger partial charge in [-0.25, -0.2) is 4.79 Å². The van der Waals surface area contributed by atoms with Gasteiger partial charge in [0.1, 0.15) is 0 Å². The first-order chi connectivity index (χ1) is 6.31. The normalized spacial score (nSPS) is 9.23. The summed E-state index contributed by atoms with van der Waals surface area (Å²) in [5.41, 5.74) is 0. The van der Waals surface area contributed by atoms with Crippen LogP contribution in [0.25, 0.3) is 0 Å². The van der Waals surface area contributed by atoms with Crippen LogP contribution in [0.15, 0.2) is 25.3 Å². The third-order valence-corrected chi connectivity index (χ3v) is 1.33. The van der Waals surface area contributed by atoms with Gasteiger partial charge in [0.25, 0.3) is 0 Å². The van der Waals surface area contributed by atoms with Crippen molar-refractivity contribution in [2.24, 2.45) is 0 Å². The van der Waals surface area contributed by atoms with Gasteiger partial charge in [-0.15, -0.1) is 6.58 Å². The van der Waals surface area contributed by atoms with E-state index in [2.05, 4.69) is 13.2 Å². The van der Waals surface area contributed by atoms with Crippen LogP contribution in [0.3, 0.4) is 0 Å².